The Morgan fingerprint density at radius 3 is 1.29 bits per heavy atom. The Bertz CT molecular complexity index is 1400. The highest BCUT2D eigenvalue weighted by molar-refractivity contribution is 5.71. The summed E-state index contributed by atoms with van der Waals surface area (Å²) in [5, 5.41) is 9.67. The molecule has 0 aliphatic carbocycles. The third kappa shape index (κ3) is 48.2. The van der Waals surface area contributed by atoms with Crippen LogP contribution in [0.1, 0.15) is 187 Å². The molecule has 0 radical (unpaired) electrons. The van der Waals surface area contributed by atoms with Crippen molar-refractivity contribution in [1.82, 2.24) is 0 Å². The van der Waals surface area contributed by atoms with Crippen LogP contribution in [0.4, 0.5) is 0 Å². The van der Waals surface area contributed by atoms with Crippen molar-refractivity contribution in [2.75, 3.05) is 47.5 Å². The van der Waals surface area contributed by atoms with E-state index in [4.69, 9.17) is 18.9 Å². The first-order valence-corrected chi connectivity index (χ1v) is 25.9. The SMILES string of the molecule is CC/C=C\C/C=C\C/C=C\C/C=C\C/C=C\C/C=C\CCCCCCCCC(=O)OC(COC(=O)CCCCCCC/C=C\C/C=C\CCCCCC)COC(OCC[N+](C)(C)C)C(=O)O. The van der Waals surface area contributed by atoms with Crippen LogP contribution in [0, 0.1) is 0 Å². The average molecular weight is 923 g/mol. The number of carboxylic acids is 1. The van der Waals surface area contributed by atoms with Gasteiger partial charge in [-0.1, -0.05) is 175 Å². The number of ether oxygens (including phenoxy) is 4. The van der Waals surface area contributed by atoms with Gasteiger partial charge < -0.3 is 28.5 Å². The lowest BCUT2D eigenvalue weighted by Gasteiger charge is -2.25. The summed E-state index contributed by atoms with van der Waals surface area (Å²) in [6, 6.07) is 0. The molecular formula is C57H96NO8+. The van der Waals surface area contributed by atoms with Crippen molar-refractivity contribution in [2.24, 2.45) is 0 Å². The number of hydrogen-bond acceptors (Lipinski definition) is 7. The van der Waals surface area contributed by atoms with Gasteiger partial charge in [0.15, 0.2) is 6.10 Å². The number of unbranched alkanes of at least 4 members (excludes halogenated alkanes) is 15. The number of esters is 2. The molecule has 0 aliphatic heterocycles. The van der Waals surface area contributed by atoms with E-state index in [0.29, 0.717) is 17.4 Å². The maximum absolute atomic E-state index is 12.8. The summed E-state index contributed by atoms with van der Waals surface area (Å²) in [5.74, 6) is -2.06. The molecule has 0 fully saturated rings. The first kappa shape index (κ1) is 62.2. The zero-order valence-corrected chi connectivity index (χ0v) is 42.6. The summed E-state index contributed by atoms with van der Waals surface area (Å²) in [5.41, 5.74) is 0. The van der Waals surface area contributed by atoms with Crippen molar-refractivity contribution in [2.45, 2.75) is 200 Å². The van der Waals surface area contributed by atoms with Crippen molar-refractivity contribution in [3.8, 4) is 0 Å². The van der Waals surface area contributed by atoms with Crippen molar-refractivity contribution >= 4 is 17.9 Å². The van der Waals surface area contributed by atoms with Crippen LogP contribution in [0.15, 0.2) is 97.2 Å². The minimum absolute atomic E-state index is 0.177. The van der Waals surface area contributed by atoms with Gasteiger partial charge in [-0.15, -0.1) is 0 Å². The molecule has 9 heteroatoms. The highest BCUT2D eigenvalue weighted by atomic mass is 16.7. The second kappa shape index (κ2) is 47.7. The summed E-state index contributed by atoms with van der Waals surface area (Å²) >= 11 is 0. The fourth-order valence-corrected chi connectivity index (χ4v) is 6.57. The van der Waals surface area contributed by atoms with Crippen LogP contribution in [-0.4, -0.2) is 87.4 Å². The molecule has 0 heterocycles. The Morgan fingerprint density at radius 1 is 0.470 bits per heavy atom. The molecule has 0 aromatic rings. The van der Waals surface area contributed by atoms with E-state index in [1.165, 1.54) is 32.1 Å². The van der Waals surface area contributed by atoms with Gasteiger partial charge in [-0.25, -0.2) is 4.79 Å². The second-order valence-corrected chi connectivity index (χ2v) is 18.1. The van der Waals surface area contributed by atoms with Crippen LogP contribution in [0.5, 0.6) is 0 Å². The summed E-state index contributed by atoms with van der Waals surface area (Å²) in [6.45, 7) is 4.69. The van der Waals surface area contributed by atoms with Gasteiger partial charge in [-0.2, -0.15) is 0 Å². The number of likely N-dealkylation sites (N-methyl/N-ethyl adjacent to an activating group) is 1. The summed E-state index contributed by atoms with van der Waals surface area (Å²) < 4.78 is 22.8. The number of aliphatic carboxylic acids is 1. The molecule has 0 saturated heterocycles. The normalized spacial score (nSPS) is 13.7. The fraction of sp³-hybridized carbons (Fsp3) is 0.667. The molecule has 66 heavy (non-hydrogen) atoms. The van der Waals surface area contributed by atoms with E-state index >= 15 is 0 Å². The van der Waals surface area contributed by atoms with Crippen molar-refractivity contribution in [1.29, 1.82) is 0 Å². The van der Waals surface area contributed by atoms with Gasteiger partial charge in [0.1, 0.15) is 13.2 Å². The van der Waals surface area contributed by atoms with Gasteiger partial charge in [0, 0.05) is 12.8 Å². The minimum atomic E-state index is -1.52. The zero-order chi connectivity index (χ0) is 48.4. The number of carbonyl (C=O) groups is 3. The summed E-state index contributed by atoms with van der Waals surface area (Å²) in [4.78, 5) is 37.3. The van der Waals surface area contributed by atoms with Crippen LogP contribution >= 0.6 is 0 Å². The smallest absolute Gasteiger partial charge is 0.361 e. The van der Waals surface area contributed by atoms with Gasteiger partial charge in [0.2, 0.25) is 0 Å². The Labute approximate surface area is 403 Å². The van der Waals surface area contributed by atoms with E-state index in [1.807, 2.05) is 21.1 Å². The molecule has 0 aromatic carbocycles. The van der Waals surface area contributed by atoms with Gasteiger partial charge >= 0.3 is 17.9 Å². The predicted molar refractivity (Wildman–Crippen MR) is 276 cm³/mol. The van der Waals surface area contributed by atoms with Crippen LogP contribution in [-0.2, 0) is 33.3 Å². The number of carbonyl (C=O) groups excluding carboxylic acids is 2. The standard InChI is InChI=1S/C57H95NO8/c1-6-8-10-12-14-16-18-20-22-24-25-26-27-28-29-30-31-32-34-36-38-40-42-44-46-48-55(60)66-53(52-65-57(56(61)62)63-50-49-58(3,4)5)51-64-54(59)47-45-43-41-39-37-35-33-23-21-19-17-15-13-11-9-7-2/h8,10,14,16-17,19-20,22-23,25-26,28-29,31-33,53,57H,6-7,9,11-13,15,18,21,24,27,30,34-52H2,1-5H3/p+1/b10-8-,16-14-,19-17-,22-20-,26-25-,29-28-,32-31-,33-23-. The van der Waals surface area contributed by atoms with E-state index in [9.17, 15) is 19.5 Å². The fourth-order valence-electron chi connectivity index (χ4n) is 6.57. The maximum Gasteiger partial charge on any atom is 0.361 e. The molecule has 0 spiro atoms. The summed E-state index contributed by atoms with van der Waals surface area (Å²) in [7, 11) is 5.94. The number of quaternary nitrogens is 1. The molecule has 0 aromatic heterocycles. The lowest BCUT2D eigenvalue weighted by atomic mass is 10.1. The molecule has 2 atom stereocenters. The van der Waals surface area contributed by atoms with E-state index in [1.54, 1.807) is 0 Å². The minimum Gasteiger partial charge on any atom is -0.477 e. The van der Waals surface area contributed by atoms with E-state index < -0.39 is 24.3 Å². The van der Waals surface area contributed by atoms with Crippen LogP contribution in [0.25, 0.3) is 0 Å². The topological polar surface area (TPSA) is 108 Å². The highest BCUT2D eigenvalue weighted by Crippen LogP contribution is 2.13. The lowest BCUT2D eigenvalue weighted by Crippen LogP contribution is -2.40. The summed E-state index contributed by atoms with van der Waals surface area (Å²) in [6.07, 6.45) is 60.4. The van der Waals surface area contributed by atoms with Crippen LogP contribution < -0.4 is 0 Å². The Kier molecular flexibility index (Phi) is 45.0. The monoisotopic (exact) mass is 923 g/mol. The van der Waals surface area contributed by atoms with Gasteiger partial charge in [0.25, 0.3) is 6.29 Å². The van der Waals surface area contributed by atoms with E-state index in [0.717, 1.165) is 122 Å². The zero-order valence-electron chi connectivity index (χ0n) is 42.6. The molecular weight excluding hydrogens is 827 g/mol. The molecule has 0 bridgehead atoms. The number of hydrogen-bond donors (Lipinski definition) is 1. The molecule has 0 saturated carbocycles. The number of rotatable bonds is 46. The van der Waals surface area contributed by atoms with Crippen molar-refractivity contribution in [3.63, 3.8) is 0 Å². The molecule has 0 rings (SSSR count). The molecule has 376 valence electrons. The van der Waals surface area contributed by atoms with Crippen molar-refractivity contribution < 1.29 is 42.9 Å². The first-order valence-electron chi connectivity index (χ1n) is 25.9. The predicted octanol–water partition coefficient (Wildman–Crippen LogP) is 14.6. The van der Waals surface area contributed by atoms with Crippen LogP contribution in [0.2, 0.25) is 0 Å². The molecule has 1 N–H and O–H groups in total. The third-order valence-corrected chi connectivity index (χ3v) is 10.6. The number of allylic oxidation sites excluding steroid dienone is 16. The van der Waals surface area contributed by atoms with Crippen molar-refractivity contribution in [3.05, 3.63) is 97.2 Å². The second-order valence-electron chi connectivity index (χ2n) is 18.1. The Morgan fingerprint density at radius 2 is 0.864 bits per heavy atom. The number of nitrogens with zero attached hydrogens (tertiary/aromatic N) is 1. The maximum atomic E-state index is 12.8. The highest BCUT2D eigenvalue weighted by Gasteiger charge is 2.25. The number of carboxylic acid groups (broad SMARTS) is 1. The molecule has 2 unspecified atom stereocenters. The average Bonchev–Trinajstić information content (AvgIpc) is 3.28. The largest absolute Gasteiger partial charge is 0.477 e. The van der Waals surface area contributed by atoms with Gasteiger partial charge in [0.05, 0.1) is 34.4 Å². The van der Waals surface area contributed by atoms with E-state index in [-0.39, 0.29) is 38.6 Å². The Balaban J connectivity index is 4.41. The van der Waals surface area contributed by atoms with Gasteiger partial charge in [-0.3, -0.25) is 9.59 Å². The van der Waals surface area contributed by atoms with E-state index in [2.05, 4.69) is 111 Å². The van der Waals surface area contributed by atoms with Crippen LogP contribution in [0.3, 0.4) is 0 Å². The molecule has 0 amide bonds. The quantitative estimate of drug-likeness (QED) is 0.0211. The molecule has 9 nitrogen and oxygen atoms in total. The Hall–Kier alpha value is -3.79. The third-order valence-electron chi connectivity index (χ3n) is 10.6. The first-order chi connectivity index (χ1) is 32.1. The lowest BCUT2D eigenvalue weighted by molar-refractivity contribution is -0.870. The van der Waals surface area contributed by atoms with Gasteiger partial charge in [-0.05, 0) is 96.3 Å². The molecule has 0 aliphatic rings.